The quantitative estimate of drug-likeness (QED) is 0.253. The fourth-order valence-corrected chi connectivity index (χ4v) is 4.79. The van der Waals surface area contributed by atoms with Gasteiger partial charge in [0, 0.05) is 30.4 Å². The number of fused-ring (bicyclic) bond motifs is 1. The van der Waals surface area contributed by atoms with Crippen molar-refractivity contribution in [2.75, 3.05) is 16.0 Å². The predicted molar refractivity (Wildman–Crippen MR) is 147 cm³/mol. The average Bonchev–Trinajstić information content (AvgIpc) is 3.66. The number of aromatic nitrogens is 4. The van der Waals surface area contributed by atoms with Gasteiger partial charge in [-0.25, -0.2) is 18.7 Å². The molecule has 0 spiro atoms. The van der Waals surface area contributed by atoms with Gasteiger partial charge in [-0.15, -0.1) is 5.10 Å². The molecule has 4 N–H and O–H groups in total. The summed E-state index contributed by atoms with van der Waals surface area (Å²) in [7, 11) is 0. The molecule has 0 unspecified atom stereocenters. The van der Waals surface area contributed by atoms with E-state index in [-0.39, 0.29) is 23.5 Å². The van der Waals surface area contributed by atoms with Gasteiger partial charge in [-0.1, -0.05) is 18.2 Å². The van der Waals surface area contributed by atoms with E-state index in [0.717, 1.165) is 50.4 Å². The van der Waals surface area contributed by atoms with Crippen molar-refractivity contribution in [1.82, 2.24) is 24.9 Å². The van der Waals surface area contributed by atoms with Gasteiger partial charge >= 0.3 is 6.09 Å². The maximum atomic E-state index is 14.1. The van der Waals surface area contributed by atoms with Crippen LogP contribution in [0.15, 0.2) is 61.1 Å². The minimum absolute atomic E-state index is 0.0225. The van der Waals surface area contributed by atoms with Crippen molar-refractivity contribution in [1.29, 1.82) is 0 Å². The topological polar surface area (TPSA) is 135 Å². The van der Waals surface area contributed by atoms with Crippen LogP contribution in [0.2, 0.25) is 0 Å². The summed E-state index contributed by atoms with van der Waals surface area (Å²) >= 11 is 0. The number of ether oxygens (including phenoxy) is 1. The summed E-state index contributed by atoms with van der Waals surface area (Å²) in [5, 5.41) is 17.2. The number of halogens is 1. The zero-order chi connectivity index (χ0) is 27.5. The number of nitrogens with one attached hydrogen (secondary N) is 4. The highest BCUT2D eigenvalue weighted by Crippen LogP contribution is 2.30. The molecule has 2 fully saturated rings. The second kappa shape index (κ2) is 11.2. The fourth-order valence-electron chi connectivity index (χ4n) is 4.79. The Balaban J connectivity index is 1.13. The smallest absolute Gasteiger partial charge is 0.410 e. The molecule has 0 saturated heterocycles. The van der Waals surface area contributed by atoms with Gasteiger partial charge in [-0.05, 0) is 56.7 Å². The van der Waals surface area contributed by atoms with Crippen LogP contribution in [0.4, 0.5) is 26.4 Å². The first kappa shape index (κ1) is 25.5. The number of rotatable bonds is 8. The van der Waals surface area contributed by atoms with E-state index in [0.29, 0.717) is 23.3 Å². The summed E-state index contributed by atoms with van der Waals surface area (Å²) in [6.07, 6.45) is 8.76. The number of para-hydroxylation sites is 1. The third-order valence-corrected chi connectivity index (χ3v) is 7.01. The minimum Gasteiger partial charge on any atom is -0.410 e. The van der Waals surface area contributed by atoms with Crippen LogP contribution in [0.1, 0.15) is 49.0 Å². The van der Waals surface area contributed by atoms with Gasteiger partial charge in [0.05, 0.1) is 23.8 Å². The second-order valence-corrected chi connectivity index (χ2v) is 10.1. The van der Waals surface area contributed by atoms with E-state index >= 15 is 0 Å². The van der Waals surface area contributed by atoms with Crippen LogP contribution >= 0.6 is 0 Å². The number of carbonyl (C=O) groups excluding carboxylic acids is 2. The number of amides is 2. The fraction of sp³-hybridized carbons (Fsp3) is 0.321. The van der Waals surface area contributed by atoms with Crippen LogP contribution < -0.4 is 26.0 Å². The summed E-state index contributed by atoms with van der Waals surface area (Å²) in [5.74, 6) is -0.0633. The third kappa shape index (κ3) is 5.95. The molecule has 11 nitrogen and oxygen atoms in total. The highest BCUT2D eigenvalue weighted by Gasteiger charge is 2.26. The van der Waals surface area contributed by atoms with E-state index in [1.54, 1.807) is 12.1 Å². The number of anilines is 3. The molecule has 40 heavy (non-hydrogen) atoms. The Labute approximate surface area is 229 Å². The molecule has 0 radical (unpaired) electrons. The van der Waals surface area contributed by atoms with Crippen molar-refractivity contribution in [2.24, 2.45) is 0 Å². The molecule has 206 valence electrons. The minimum atomic E-state index is -0.630. The van der Waals surface area contributed by atoms with Crippen LogP contribution in [0, 0.1) is 5.82 Å². The average molecular weight is 545 g/mol. The molecular formula is C28H29FN8O3. The maximum absolute atomic E-state index is 14.1. The molecule has 2 aliphatic rings. The molecule has 0 aliphatic heterocycles. The Morgan fingerprint density at radius 3 is 2.38 bits per heavy atom. The lowest BCUT2D eigenvalue weighted by Gasteiger charge is -2.29. The molecule has 6 rings (SSSR count). The van der Waals surface area contributed by atoms with E-state index < -0.39 is 17.8 Å². The van der Waals surface area contributed by atoms with Crippen molar-refractivity contribution >= 4 is 34.8 Å². The van der Waals surface area contributed by atoms with Crippen molar-refractivity contribution < 1.29 is 18.7 Å². The van der Waals surface area contributed by atoms with Gasteiger partial charge in [0.2, 0.25) is 0 Å². The lowest BCUT2D eigenvalue weighted by atomic mass is 9.91. The molecule has 2 aliphatic carbocycles. The van der Waals surface area contributed by atoms with Gasteiger partial charge in [0.1, 0.15) is 11.6 Å². The first-order valence-corrected chi connectivity index (χ1v) is 13.4. The Morgan fingerprint density at radius 2 is 1.62 bits per heavy atom. The molecule has 0 bridgehead atoms. The summed E-state index contributed by atoms with van der Waals surface area (Å²) in [6.45, 7) is 0. The van der Waals surface area contributed by atoms with Crippen molar-refractivity contribution in [3.05, 3.63) is 72.6 Å². The van der Waals surface area contributed by atoms with Crippen LogP contribution in [0.3, 0.4) is 0 Å². The summed E-state index contributed by atoms with van der Waals surface area (Å²) in [6, 6.07) is 12.8. The number of pyridine rings is 1. The largest absolute Gasteiger partial charge is 0.412 e. The van der Waals surface area contributed by atoms with E-state index in [1.807, 2.05) is 24.3 Å². The number of hydrogen-bond acceptors (Lipinski definition) is 8. The summed E-state index contributed by atoms with van der Waals surface area (Å²) in [4.78, 5) is 33.5. The summed E-state index contributed by atoms with van der Waals surface area (Å²) in [5.41, 5.74) is 1.49. The van der Waals surface area contributed by atoms with Gasteiger partial charge in [0.15, 0.2) is 17.2 Å². The zero-order valence-electron chi connectivity index (χ0n) is 21.6. The number of imidazole rings is 1. The third-order valence-electron chi connectivity index (χ3n) is 7.01. The van der Waals surface area contributed by atoms with Crippen LogP contribution in [0.5, 0.6) is 5.75 Å². The molecule has 3 heterocycles. The van der Waals surface area contributed by atoms with E-state index in [9.17, 15) is 14.0 Å². The molecule has 0 atom stereocenters. The van der Waals surface area contributed by atoms with E-state index in [4.69, 9.17) is 4.74 Å². The molecule has 2 amide bonds. The Hall–Kier alpha value is -4.74. The van der Waals surface area contributed by atoms with Crippen molar-refractivity contribution in [3.8, 4) is 5.75 Å². The second-order valence-electron chi connectivity index (χ2n) is 10.1. The maximum Gasteiger partial charge on any atom is 0.412 e. The Morgan fingerprint density at radius 1 is 0.900 bits per heavy atom. The van der Waals surface area contributed by atoms with Crippen molar-refractivity contribution in [3.63, 3.8) is 0 Å². The van der Waals surface area contributed by atoms with E-state index in [2.05, 4.69) is 36.3 Å². The van der Waals surface area contributed by atoms with Crippen LogP contribution in [0.25, 0.3) is 5.65 Å². The van der Waals surface area contributed by atoms with Gasteiger partial charge in [-0.3, -0.25) is 9.78 Å². The van der Waals surface area contributed by atoms with Gasteiger partial charge < -0.3 is 26.0 Å². The highest BCUT2D eigenvalue weighted by molar-refractivity contribution is 6.03. The number of benzene rings is 1. The standard InChI is InChI=1S/C28H29FN8O3/c29-21-15-30-13-12-22(21)35-27(38)24-16-31-26-23(32-17-6-7-17)14-25(36-37(24)26)33-18-8-10-19(11-9-18)34-28(39)40-20-4-2-1-3-5-20/h1-5,12-19,32H,6-11H2,(H,33,36)(H,34,39)(H,30,35,38)/t18-,19-. The SMILES string of the molecule is O=C(N[C@H]1CC[C@H](Nc2cc(NC3CC3)c3ncc(C(=O)Nc4ccncc4F)n3n2)CC1)Oc1ccccc1. The number of nitrogens with zero attached hydrogens (tertiary/aromatic N) is 4. The van der Waals surface area contributed by atoms with Crippen LogP contribution in [-0.4, -0.2) is 49.7 Å². The first-order chi connectivity index (χ1) is 19.5. The number of hydrogen-bond donors (Lipinski definition) is 4. The van der Waals surface area contributed by atoms with E-state index in [1.165, 1.54) is 23.0 Å². The predicted octanol–water partition coefficient (Wildman–Crippen LogP) is 4.60. The van der Waals surface area contributed by atoms with Gasteiger partial charge in [0.25, 0.3) is 5.91 Å². The molecule has 4 aromatic rings. The molecule has 3 aromatic heterocycles. The summed E-state index contributed by atoms with van der Waals surface area (Å²) < 4.78 is 20.9. The Bertz CT molecular complexity index is 1520. The monoisotopic (exact) mass is 544 g/mol. The molecule has 12 heteroatoms. The lowest BCUT2D eigenvalue weighted by Crippen LogP contribution is -2.41. The Kier molecular flexibility index (Phi) is 7.13. The molecular weight excluding hydrogens is 515 g/mol. The molecule has 1 aromatic carbocycles. The molecule has 2 saturated carbocycles. The lowest BCUT2D eigenvalue weighted by molar-refractivity contribution is 0.102. The van der Waals surface area contributed by atoms with Crippen LogP contribution in [-0.2, 0) is 0 Å². The van der Waals surface area contributed by atoms with Crippen molar-refractivity contribution in [2.45, 2.75) is 56.7 Å². The first-order valence-electron chi connectivity index (χ1n) is 13.4. The zero-order valence-corrected chi connectivity index (χ0v) is 21.6. The number of carbonyl (C=O) groups is 2. The normalized spacial score (nSPS) is 18.6. The van der Waals surface area contributed by atoms with Gasteiger partial charge in [-0.2, -0.15) is 0 Å². The highest BCUT2D eigenvalue weighted by atomic mass is 19.1.